The molecule has 0 aromatic rings. The largest absolute Gasteiger partial charge is 0.469 e. The van der Waals surface area contributed by atoms with Crippen LogP contribution in [0.1, 0.15) is 85.5 Å². The first-order valence-corrected chi connectivity index (χ1v) is 11.2. The maximum atomic E-state index is 11.5. The predicted molar refractivity (Wildman–Crippen MR) is 118 cm³/mol. The molecule has 0 radical (unpaired) electrons. The molecule has 0 amide bonds. The highest BCUT2D eigenvalue weighted by Crippen LogP contribution is 2.39. The fraction of sp³-hybridized carbons (Fsp3) is 0.760. The normalized spacial score (nSPS) is 22.4. The van der Waals surface area contributed by atoms with Crippen LogP contribution in [0.3, 0.4) is 0 Å². The number of methoxy groups -OCH3 is 1. The quantitative estimate of drug-likeness (QED) is 0.212. The van der Waals surface area contributed by atoms with E-state index >= 15 is 0 Å². The molecule has 0 saturated heterocycles. The van der Waals surface area contributed by atoms with Gasteiger partial charge in [-0.1, -0.05) is 45.3 Å². The van der Waals surface area contributed by atoms with E-state index in [0.29, 0.717) is 18.8 Å². The highest BCUT2D eigenvalue weighted by atomic mass is 16.5. The van der Waals surface area contributed by atoms with Crippen molar-refractivity contribution >= 4 is 11.9 Å². The van der Waals surface area contributed by atoms with Crippen LogP contribution in [0.4, 0.5) is 0 Å². The number of allylic oxidation sites excluding steroid dienone is 1. The molecule has 0 bridgehead atoms. The molecule has 1 fully saturated rings. The molecule has 4 atom stereocenters. The van der Waals surface area contributed by atoms with Crippen LogP contribution in [-0.4, -0.2) is 36.4 Å². The lowest BCUT2D eigenvalue weighted by Crippen LogP contribution is -2.28. The second-order valence-electron chi connectivity index (χ2n) is 9.00. The highest BCUT2D eigenvalue weighted by Gasteiger charge is 2.36. The van der Waals surface area contributed by atoms with E-state index in [1.165, 1.54) is 14.0 Å². The van der Waals surface area contributed by atoms with Crippen molar-refractivity contribution in [3.63, 3.8) is 0 Å². The van der Waals surface area contributed by atoms with Crippen LogP contribution < -0.4 is 0 Å². The van der Waals surface area contributed by atoms with E-state index < -0.39 is 6.10 Å². The standard InChI is InChI=1S/C25H40O5/c1-6-7-18-25(3,4)23(27)17-15-20-14-16-22(30-19(2)26)21(20)12-10-8-9-11-13-24(28)29-5/h15,17,20-23,27H,8-14,16,18H2,1-5H3/b17-15+/t20-,21-,22+,23-/m1/s1. The van der Waals surface area contributed by atoms with E-state index in [9.17, 15) is 14.7 Å². The van der Waals surface area contributed by atoms with Gasteiger partial charge in [0.2, 0.25) is 0 Å². The van der Waals surface area contributed by atoms with Crippen molar-refractivity contribution in [1.29, 1.82) is 0 Å². The summed E-state index contributed by atoms with van der Waals surface area (Å²) in [5, 5.41) is 10.6. The third kappa shape index (κ3) is 9.34. The third-order valence-electron chi connectivity index (χ3n) is 6.09. The van der Waals surface area contributed by atoms with Gasteiger partial charge in [-0.25, -0.2) is 0 Å². The molecule has 1 saturated carbocycles. The van der Waals surface area contributed by atoms with Crippen molar-refractivity contribution in [2.24, 2.45) is 17.3 Å². The van der Waals surface area contributed by atoms with Crippen molar-refractivity contribution in [3.05, 3.63) is 12.2 Å². The predicted octanol–water partition coefficient (Wildman–Crippen LogP) is 4.81. The average molecular weight is 421 g/mol. The van der Waals surface area contributed by atoms with Gasteiger partial charge in [-0.3, -0.25) is 9.59 Å². The molecule has 5 heteroatoms. The Balaban J connectivity index is 2.63. The van der Waals surface area contributed by atoms with Crippen LogP contribution in [0.15, 0.2) is 12.2 Å². The monoisotopic (exact) mass is 420 g/mol. The van der Waals surface area contributed by atoms with Gasteiger partial charge in [-0.15, -0.1) is 11.8 Å². The van der Waals surface area contributed by atoms with E-state index in [1.54, 1.807) is 0 Å². The number of unbranched alkanes of at least 4 members (excludes halogenated alkanes) is 3. The average Bonchev–Trinajstić information content (AvgIpc) is 3.07. The lowest BCUT2D eigenvalue weighted by molar-refractivity contribution is -0.148. The summed E-state index contributed by atoms with van der Waals surface area (Å²) in [7, 11) is 1.42. The van der Waals surface area contributed by atoms with Gasteiger partial charge in [0.15, 0.2) is 0 Å². The Morgan fingerprint density at radius 1 is 1.20 bits per heavy atom. The van der Waals surface area contributed by atoms with Crippen LogP contribution in [-0.2, 0) is 19.1 Å². The number of esters is 2. The van der Waals surface area contributed by atoms with Gasteiger partial charge >= 0.3 is 11.9 Å². The lowest BCUT2D eigenvalue weighted by Gasteiger charge is -2.27. The van der Waals surface area contributed by atoms with Gasteiger partial charge in [0.05, 0.1) is 13.2 Å². The Morgan fingerprint density at radius 2 is 1.90 bits per heavy atom. The first kappa shape index (κ1) is 26.2. The molecule has 1 rings (SSSR count). The van der Waals surface area contributed by atoms with Crippen LogP contribution in [0.25, 0.3) is 0 Å². The number of aliphatic hydroxyl groups excluding tert-OH is 1. The molecule has 0 unspecified atom stereocenters. The van der Waals surface area contributed by atoms with Crippen molar-refractivity contribution < 1.29 is 24.2 Å². The highest BCUT2D eigenvalue weighted by molar-refractivity contribution is 5.69. The molecule has 0 aromatic carbocycles. The molecule has 30 heavy (non-hydrogen) atoms. The Morgan fingerprint density at radius 3 is 2.53 bits per heavy atom. The summed E-state index contributed by atoms with van der Waals surface area (Å²) in [4.78, 5) is 22.7. The van der Waals surface area contributed by atoms with Crippen molar-refractivity contribution in [2.45, 2.75) is 97.7 Å². The van der Waals surface area contributed by atoms with E-state index in [0.717, 1.165) is 44.9 Å². The van der Waals surface area contributed by atoms with E-state index in [2.05, 4.69) is 22.7 Å². The Labute approximate surface area is 182 Å². The molecule has 1 N–H and O–H groups in total. The zero-order valence-electron chi connectivity index (χ0n) is 19.4. The van der Waals surface area contributed by atoms with Gasteiger partial charge in [0.25, 0.3) is 0 Å². The Bertz CT molecular complexity index is 625. The first-order chi connectivity index (χ1) is 14.2. The molecule has 0 heterocycles. The van der Waals surface area contributed by atoms with Crippen LogP contribution in [0.5, 0.6) is 0 Å². The molecule has 0 aromatic heterocycles. The summed E-state index contributed by atoms with van der Waals surface area (Å²) in [6.45, 7) is 7.32. The summed E-state index contributed by atoms with van der Waals surface area (Å²) < 4.78 is 10.3. The van der Waals surface area contributed by atoms with Crippen molar-refractivity contribution in [2.75, 3.05) is 7.11 Å². The third-order valence-corrected chi connectivity index (χ3v) is 6.09. The zero-order valence-corrected chi connectivity index (χ0v) is 19.4. The molecular weight excluding hydrogens is 380 g/mol. The lowest BCUT2D eigenvalue weighted by atomic mass is 9.82. The maximum absolute atomic E-state index is 11.5. The molecule has 0 aliphatic heterocycles. The first-order valence-electron chi connectivity index (χ1n) is 11.2. The molecule has 1 aliphatic rings. The maximum Gasteiger partial charge on any atom is 0.305 e. The smallest absolute Gasteiger partial charge is 0.305 e. The SMILES string of the molecule is CC#CCC(C)(C)[C@H](O)/C=C/[C@H]1CC[C@H](OC(C)=O)[C@@H]1CCCCCCC(=O)OC. The van der Waals surface area contributed by atoms with Gasteiger partial charge < -0.3 is 14.6 Å². The summed E-state index contributed by atoms with van der Waals surface area (Å²) in [5.74, 6) is 6.14. The number of rotatable bonds is 12. The zero-order chi connectivity index (χ0) is 22.6. The number of hydrogen-bond acceptors (Lipinski definition) is 5. The summed E-state index contributed by atoms with van der Waals surface area (Å²) in [6, 6.07) is 0. The fourth-order valence-electron chi connectivity index (χ4n) is 4.09. The van der Waals surface area contributed by atoms with Crippen LogP contribution >= 0.6 is 0 Å². The summed E-state index contributed by atoms with van der Waals surface area (Å²) >= 11 is 0. The topological polar surface area (TPSA) is 72.8 Å². The van der Waals surface area contributed by atoms with Gasteiger partial charge in [0.1, 0.15) is 6.10 Å². The van der Waals surface area contributed by atoms with E-state index in [4.69, 9.17) is 4.74 Å². The Hall–Kier alpha value is -1.80. The number of carbonyl (C=O) groups excluding carboxylic acids is 2. The Kier molecular flexibility index (Phi) is 11.8. The molecule has 170 valence electrons. The van der Waals surface area contributed by atoms with Gasteiger partial charge in [-0.05, 0) is 38.5 Å². The minimum atomic E-state index is -0.565. The number of carbonyl (C=O) groups is 2. The second kappa shape index (κ2) is 13.5. The number of hydrogen-bond donors (Lipinski definition) is 1. The molecule has 0 spiro atoms. The van der Waals surface area contributed by atoms with E-state index in [1.807, 2.05) is 26.8 Å². The molecular formula is C25H40O5. The summed E-state index contributed by atoms with van der Waals surface area (Å²) in [5.41, 5.74) is -0.303. The molecule has 5 nitrogen and oxygen atoms in total. The second-order valence-corrected chi connectivity index (χ2v) is 9.00. The van der Waals surface area contributed by atoms with E-state index in [-0.39, 0.29) is 29.4 Å². The van der Waals surface area contributed by atoms with Crippen LogP contribution in [0, 0.1) is 29.1 Å². The number of aliphatic hydroxyl groups is 1. The van der Waals surface area contributed by atoms with Gasteiger partial charge in [0, 0.05) is 31.1 Å². The van der Waals surface area contributed by atoms with Gasteiger partial charge in [-0.2, -0.15) is 0 Å². The minimum Gasteiger partial charge on any atom is -0.469 e. The fourth-order valence-corrected chi connectivity index (χ4v) is 4.09. The van der Waals surface area contributed by atoms with Crippen molar-refractivity contribution in [1.82, 2.24) is 0 Å². The minimum absolute atomic E-state index is 0.0525. The summed E-state index contributed by atoms with van der Waals surface area (Å²) in [6.07, 6.45) is 11.2. The number of ether oxygens (including phenoxy) is 2. The van der Waals surface area contributed by atoms with Crippen LogP contribution in [0.2, 0.25) is 0 Å². The molecule has 1 aliphatic carbocycles. The van der Waals surface area contributed by atoms with Crippen molar-refractivity contribution in [3.8, 4) is 11.8 Å².